The number of carbonyl (C=O) groups is 2. The van der Waals surface area contributed by atoms with Crippen LogP contribution in [0, 0.1) is 24.7 Å². The van der Waals surface area contributed by atoms with E-state index in [2.05, 4.69) is 52.0 Å². The van der Waals surface area contributed by atoms with Gasteiger partial charge >= 0.3 is 12.1 Å². The largest absolute Gasteiger partial charge is 0.507 e. The number of urea groups is 2. The second-order valence-corrected chi connectivity index (χ2v) is 30.1. The SMILES string of the molecule is CC(C)(c1ccc(OCC2CO2)cc1)c1ccc(OCC2CO2)cc1.CC(c1ccccc1)(c1cc(CO)c(O)c(CO)c1)c1cc(CO)c(O)c(CO)c1.CCC1(COCC2(CC)COC2)COC1.COCN1C(=O)N(CCO)C2C1N(COC)C(=O)N2CCO.Cc1cc(Cc2cc(C)c(O)c(CO)c2)cc(CO)c1O. The monoisotopic (exact) mass is 1570 g/mol. The molecule has 6 heterocycles. The van der Waals surface area contributed by atoms with Gasteiger partial charge in [-0.25, -0.2) is 9.59 Å². The molecule has 113 heavy (non-hydrogen) atoms. The van der Waals surface area contributed by atoms with Gasteiger partial charge in [0.1, 0.15) is 79.5 Å². The number of methoxy groups -OCH3 is 2. The number of aliphatic hydroxyl groups excluding tert-OH is 8. The fraction of sp³-hybridized carbons (Fsp3) is 0.488. The summed E-state index contributed by atoms with van der Waals surface area (Å²) >= 11 is 0. The van der Waals surface area contributed by atoms with Crippen LogP contribution in [0.4, 0.5) is 9.59 Å². The first-order valence-corrected chi connectivity index (χ1v) is 38.1. The van der Waals surface area contributed by atoms with E-state index >= 15 is 0 Å². The number of nitrogens with zero attached hydrogens (tertiary/aromatic N) is 4. The number of amides is 4. The van der Waals surface area contributed by atoms with Crippen molar-refractivity contribution in [2.24, 2.45) is 10.8 Å². The van der Waals surface area contributed by atoms with Gasteiger partial charge in [-0.1, -0.05) is 94.4 Å². The fourth-order valence-corrected chi connectivity index (χ4v) is 14.2. The molecule has 27 nitrogen and oxygen atoms in total. The molecule has 6 aliphatic rings. The number of aryl methyl sites for hydroxylation is 2. The van der Waals surface area contributed by atoms with E-state index < -0.39 is 44.2 Å². The highest BCUT2D eigenvalue weighted by atomic mass is 16.6. The van der Waals surface area contributed by atoms with Gasteiger partial charge in [0.25, 0.3) is 0 Å². The van der Waals surface area contributed by atoms with Crippen LogP contribution >= 0.6 is 0 Å². The fourth-order valence-electron chi connectivity index (χ4n) is 14.2. The Kier molecular flexibility index (Phi) is 31.6. The Hall–Kier alpha value is -8.72. The normalized spacial score (nSPS) is 18.3. The number of rotatable bonds is 33. The van der Waals surface area contributed by atoms with Crippen molar-refractivity contribution in [2.75, 3.05) is 120 Å². The lowest BCUT2D eigenvalue weighted by atomic mass is 9.69. The molecule has 6 aliphatic heterocycles. The lowest BCUT2D eigenvalue weighted by molar-refractivity contribution is -0.187. The number of hydrogen-bond donors (Lipinski definition) is 12. The van der Waals surface area contributed by atoms with Crippen molar-refractivity contribution < 1.29 is 113 Å². The van der Waals surface area contributed by atoms with Gasteiger partial charge in [-0.3, -0.25) is 19.6 Å². The van der Waals surface area contributed by atoms with Gasteiger partial charge in [0.15, 0.2) is 6.17 Å². The summed E-state index contributed by atoms with van der Waals surface area (Å²) in [6.45, 7) is 20.3. The molecule has 616 valence electrons. The molecule has 0 saturated carbocycles. The van der Waals surface area contributed by atoms with Crippen LogP contribution in [0.15, 0.2) is 127 Å². The maximum Gasteiger partial charge on any atom is 0.325 e. The van der Waals surface area contributed by atoms with Crippen LogP contribution in [0.5, 0.6) is 34.5 Å². The van der Waals surface area contributed by atoms with E-state index in [1.165, 1.54) is 44.9 Å². The first kappa shape index (κ1) is 88.2. The number of ether oxygens (including phenoxy) is 9. The molecule has 0 bridgehead atoms. The summed E-state index contributed by atoms with van der Waals surface area (Å²) in [5.41, 5.74) is 9.96. The molecule has 2 atom stereocenters. The summed E-state index contributed by atoms with van der Waals surface area (Å²) in [4.78, 5) is 30.6. The number of epoxide rings is 2. The number of aromatic hydroxyl groups is 4. The van der Waals surface area contributed by atoms with Crippen LogP contribution in [0.25, 0.3) is 0 Å². The molecule has 27 heteroatoms. The maximum absolute atomic E-state index is 12.5. The zero-order chi connectivity index (χ0) is 81.8. The van der Waals surface area contributed by atoms with E-state index in [9.17, 15) is 70.9 Å². The quantitative estimate of drug-likeness (QED) is 0.0135. The standard InChI is InChI=1S/C24H26O6.C21H24O4.C17H20O4.C12H22N4O6.C12H22O3/c1-24(19-5-3-2-4-6-19,20-7-15(11-25)22(29)16(8-20)12-26)21-9-17(13-27)23(30)18(10-21)14-28;1-21(2,15-3-7-17(8-4-15)22-11-19-13-24-19)16-5-9-18(10-6-16)23-12-20-14-25-20;1-10-3-12(6-14(8-18)16(10)20)5-13-4-11(2)17(21)15(7-13)9-19;1-21-7-15-10-9(13(3-5-17)11(15)19)14(4-6-18)12(20)16(10)8-22-2;1-3-11(5-13-6-11)9-15-10-12(4-2)7-14-8-12/h2-10,25-30H,11-14H2,1H3;3-10,19-20H,11-14H2,1-2H3;3-4,6-7,18-21H,5,8-9H2,1-2H3;9-10,17-18H,3-8H2,1-2H3;3-10H2,1-2H3. The van der Waals surface area contributed by atoms with Gasteiger partial charge in [0, 0.05) is 82.3 Å². The second-order valence-electron chi connectivity index (χ2n) is 30.1. The van der Waals surface area contributed by atoms with Crippen molar-refractivity contribution in [1.82, 2.24) is 19.6 Å². The van der Waals surface area contributed by atoms with Crippen LogP contribution in [0.2, 0.25) is 0 Å². The highest BCUT2D eigenvalue weighted by Gasteiger charge is 2.59. The number of aliphatic hydroxyl groups is 8. The summed E-state index contributed by atoms with van der Waals surface area (Å²) in [7, 11) is 2.92. The van der Waals surface area contributed by atoms with E-state index in [4.69, 9.17) is 42.6 Å². The van der Waals surface area contributed by atoms with Crippen molar-refractivity contribution >= 4 is 12.1 Å². The zero-order valence-electron chi connectivity index (χ0n) is 66.3. The molecule has 6 saturated heterocycles. The molecule has 0 aromatic heterocycles. The minimum atomic E-state index is -0.843. The third-order valence-corrected chi connectivity index (χ3v) is 21.9. The summed E-state index contributed by atoms with van der Waals surface area (Å²) in [6, 6.07) is 39.5. The van der Waals surface area contributed by atoms with E-state index in [1.54, 1.807) is 50.2 Å². The Bertz CT molecular complexity index is 3870. The summed E-state index contributed by atoms with van der Waals surface area (Å²) in [6.07, 6.45) is 2.29. The van der Waals surface area contributed by atoms with Crippen LogP contribution < -0.4 is 9.47 Å². The smallest absolute Gasteiger partial charge is 0.325 e. The lowest BCUT2D eigenvalue weighted by Crippen LogP contribution is -2.49. The van der Waals surface area contributed by atoms with E-state index in [-0.39, 0.29) is 128 Å². The number of phenols is 4. The molecule has 0 spiro atoms. The van der Waals surface area contributed by atoms with E-state index in [0.29, 0.717) is 52.7 Å². The number of hydrogen-bond acceptors (Lipinski definition) is 23. The molecule has 7 aromatic carbocycles. The predicted molar refractivity (Wildman–Crippen MR) is 419 cm³/mol. The second kappa shape index (κ2) is 40.5. The molecule has 13 rings (SSSR count). The molecule has 4 amide bonds. The number of benzene rings is 7. The van der Waals surface area contributed by atoms with Gasteiger partial charge in [-0.05, 0) is 151 Å². The van der Waals surface area contributed by atoms with Crippen molar-refractivity contribution in [3.8, 4) is 34.5 Å². The van der Waals surface area contributed by atoms with Crippen LogP contribution in [-0.4, -0.2) is 238 Å². The Morgan fingerprint density at radius 1 is 0.451 bits per heavy atom. The van der Waals surface area contributed by atoms with Crippen LogP contribution in [-0.2, 0) is 90.1 Å². The van der Waals surface area contributed by atoms with E-state index in [1.807, 2.05) is 73.7 Å². The van der Waals surface area contributed by atoms with Gasteiger partial charge in [-0.15, -0.1) is 0 Å². The minimum Gasteiger partial charge on any atom is -0.507 e. The molecule has 0 radical (unpaired) electrons. The zero-order valence-corrected chi connectivity index (χ0v) is 66.3. The summed E-state index contributed by atoms with van der Waals surface area (Å²) < 4.78 is 48.3. The molecule has 2 unspecified atom stereocenters. The highest BCUT2D eigenvalue weighted by molar-refractivity contribution is 5.85. The first-order valence-electron chi connectivity index (χ1n) is 38.1. The van der Waals surface area contributed by atoms with Crippen LogP contribution in [0.3, 0.4) is 0 Å². The van der Waals surface area contributed by atoms with Crippen molar-refractivity contribution in [1.29, 1.82) is 0 Å². The van der Waals surface area contributed by atoms with Gasteiger partial charge < -0.3 is 104 Å². The molecular formula is C86H114N4O23. The minimum absolute atomic E-state index is 0.0163. The molecule has 6 fully saturated rings. The van der Waals surface area contributed by atoms with Gasteiger partial charge in [-0.2, -0.15) is 0 Å². The summed E-state index contributed by atoms with van der Waals surface area (Å²) in [5.74, 6) is 1.72. The molecule has 7 aromatic rings. The van der Waals surface area contributed by atoms with Crippen molar-refractivity contribution in [3.63, 3.8) is 0 Å². The Balaban J connectivity index is 0.000000164. The molecular weight excluding hydrogens is 1460 g/mol. The highest BCUT2D eigenvalue weighted by Crippen LogP contribution is 2.45. The Labute approximate surface area is 661 Å². The topological polar surface area (TPSA) is 380 Å². The summed E-state index contributed by atoms with van der Waals surface area (Å²) in [5, 5.41) is 116. The van der Waals surface area contributed by atoms with E-state index in [0.717, 1.165) is 105 Å². The Morgan fingerprint density at radius 2 is 0.796 bits per heavy atom. The van der Waals surface area contributed by atoms with Gasteiger partial charge in [0.05, 0.1) is 106 Å². The average molecular weight is 1570 g/mol. The van der Waals surface area contributed by atoms with Gasteiger partial charge in [0.2, 0.25) is 0 Å². The third kappa shape index (κ3) is 21.3. The predicted octanol–water partition coefficient (Wildman–Crippen LogP) is 8.44. The molecule has 0 aliphatic carbocycles. The average Bonchev–Trinajstić information content (AvgIpc) is 1.55. The van der Waals surface area contributed by atoms with Crippen LogP contribution in [0.1, 0.15) is 131 Å². The number of fused-ring (bicyclic) bond motifs is 1. The van der Waals surface area contributed by atoms with Crippen molar-refractivity contribution in [2.45, 2.75) is 143 Å². The number of carbonyl (C=O) groups excluding carboxylic acids is 2. The third-order valence-electron chi connectivity index (χ3n) is 21.9. The molecule has 12 N–H and O–H groups in total. The maximum atomic E-state index is 12.5. The lowest BCUT2D eigenvalue weighted by Gasteiger charge is -2.44. The van der Waals surface area contributed by atoms with Crippen molar-refractivity contribution in [3.05, 3.63) is 211 Å². The first-order chi connectivity index (χ1) is 54.3. The Morgan fingerprint density at radius 3 is 1.10 bits per heavy atom. The number of β-amino-alcohol motifs (C(OH)–C–C–N with tert-alkyl or cyclic N) is 2.